The molecule has 3 aromatic rings. The lowest BCUT2D eigenvalue weighted by atomic mass is 9.95. The lowest BCUT2D eigenvalue weighted by Gasteiger charge is -2.28. The van der Waals surface area contributed by atoms with Crippen molar-refractivity contribution in [1.82, 2.24) is 20.2 Å². The number of para-hydroxylation sites is 1. The molecular weight excluding hydrogens is 344 g/mol. The van der Waals surface area contributed by atoms with E-state index in [2.05, 4.69) is 26.2 Å². The van der Waals surface area contributed by atoms with Crippen LogP contribution in [0, 0.1) is 0 Å². The number of anilines is 2. The maximum Gasteiger partial charge on any atom is 0.255 e. The van der Waals surface area contributed by atoms with Crippen molar-refractivity contribution in [1.29, 1.82) is 0 Å². The van der Waals surface area contributed by atoms with Crippen LogP contribution < -0.4 is 15.4 Å². The Bertz CT molecular complexity index is 1010. The second-order valence-corrected chi connectivity index (χ2v) is 6.11. The number of amides is 1. The van der Waals surface area contributed by atoms with E-state index in [0.29, 0.717) is 23.0 Å². The van der Waals surface area contributed by atoms with Crippen molar-refractivity contribution in [3.63, 3.8) is 0 Å². The molecule has 4 rings (SSSR count). The van der Waals surface area contributed by atoms with E-state index in [1.54, 1.807) is 11.8 Å². The van der Waals surface area contributed by atoms with E-state index in [9.17, 15) is 4.79 Å². The zero-order valence-electron chi connectivity index (χ0n) is 14.9. The Labute approximate surface area is 155 Å². The normalized spacial score (nSPS) is 15.7. The summed E-state index contributed by atoms with van der Waals surface area (Å²) in [5.74, 6) is 0.956. The minimum absolute atomic E-state index is 0.222. The minimum Gasteiger partial charge on any atom is -0.497 e. The lowest BCUT2D eigenvalue weighted by Crippen LogP contribution is -2.31. The number of aromatic nitrogens is 4. The fourth-order valence-electron chi connectivity index (χ4n) is 3.15. The van der Waals surface area contributed by atoms with Gasteiger partial charge in [0.2, 0.25) is 5.95 Å². The molecule has 0 saturated heterocycles. The molecule has 0 unspecified atom stereocenters. The van der Waals surface area contributed by atoms with Crippen LogP contribution in [-0.2, 0) is 4.79 Å². The molecule has 1 aliphatic rings. The number of tetrazole rings is 1. The summed E-state index contributed by atoms with van der Waals surface area (Å²) >= 11 is 0. The smallest absolute Gasteiger partial charge is 0.255 e. The SMILES string of the molecule is COc1cccc([C@H]2C(C(=O)Nc3ccccc3)=C(C)Nc3nnnn32)c1. The molecule has 1 amide bonds. The summed E-state index contributed by atoms with van der Waals surface area (Å²) in [6, 6.07) is 16.4. The topological polar surface area (TPSA) is 94.0 Å². The second-order valence-electron chi connectivity index (χ2n) is 6.11. The number of benzene rings is 2. The highest BCUT2D eigenvalue weighted by molar-refractivity contribution is 6.06. The van der Waals surface area contributed by atoms with Crippen molar-refractivity contribution >= 4 is 17.5 Å². The summed E-state index contributed by atoms with van der Waals surface area (Å²) in [6.45, 7) is 1.84. The number of ether oxygens (including phenoxy) is 1. The Kier molecular flexibility index (Phi) is 4.29. The van der Waals surface area contributed by atoms with Gasteiger partial charge in [-0.15, -0.1) is 0 Å². The number of methoxy groups -OCH3 is 1. The maximum absolute atomic E-state index is 13.1. The minimum atomic E-state index is -0.477. The molecule has 2 aromatic carbocycles. The van der Waals surface area contributed by atoms with Crippen LogP contribution in [0.5, 0.6) is 5.75 Å². The molecule has 1 aromatic heterocycles. The molecule has 8 heteroatoms. The van der Waals surface area contributed by atoms with E-state index >= 15 is 0 Å². The fraction of sp³-hybridized carbons (Fsp3) is 0.158. The first-order valence-corrected chi connectivity index (χ1v) is 8.43. The predicted molar refractivity (Wildman–Crippen MR) is 100 cm³/mol. The zero-order valence-corrected chi connectivity index (χ0v) is 14.9. The Hall–Kier alpha value is -3.68. The number of carbonyl (C=O) groups is 1. The summed E-state index contributed by atoms with van der Waals surface area (Å²) in [6.07, 6.45) is 0. The Morgan fingerprint density at radius 3 is 2.78 bits per heavy atom. The molecule has 136 valence electrons. The quantitative estimate of drug-likeness (QED) is 0.741. The first-order valence-electron chi connectivity index (χ1n) is 8.43. The molecule has 27 heavy (non-hydrogen) atoms. The average Bonchev–Trinajstić information content (AvgIpc) is 3.15. The van der Waals surface area contributed by atoms with E-state index in [4.69, 9.17) is 4.74 Å². The van der Waals surface area contributed by atoms with Gasteiger partial charge in [-0.05, 0) is 47.2 Å². The Morgan fingerprint density at radius 1 is 1.19 bits per heavy atom. The van der Waals surface area contributed by atoms with E-state index in [1.807, 2.05) is 61.5 Å². The third kappa shape index (κ3) is 3.12. The highest BCUT2D eigenvalue weighted by atomic mass is 16.5. The third-order valence-corrected chi connectivity index (χ3v) is 4.40. The largest absolute Gasteiger partial charge is 0.497 e. The first kappa shape index (κ1) is 16.8. The number of nitrogens with one attached hydrogen (secondary N) is 2. The zero-order chi connectivity index (χ0) is 18.8. The van der Waals surface area contributed by atoms with Crippen molar-refractivity contribution in [3.05, 3.63) is 71.4 Å². The van der Waals surface area contributed by atoms with Gasteiger partial charge in [-0.1, -0.05) is 35.4 Å². The van der Waals surface area contributed by atoms with E-state index in [1.165, 1.54) is 0 Å². The molecule has 0 bridgehead atoms. The highest BCUT2D eigenvalue weighted by Gasteiger charge is 2.34. The van der Waals surface area contributed by atoms with Gasteiger partial charge in [0.05, 0.1) is 12.7 Å². The molecule has 0 saturated carbocycles. The first-order chi connectivity index (χ1) is 13.2. The molecule has 0 fully saturated rings. The number of hydrogen-bond acceptors (Lipinski definition) is 6. The summed E-state index contributed by atoms with van der Waals surface area (Å²) in [5, 5.41) is 17.9. The summed E-state index contributed by atoms with van der Waals surface area (Å²) in [5.41, 5.74) is 2.79. The van der Waals surface area contributed by atoms with Crippen LogP contribution in [0.2, 0.25) is 0 Å². The van der Waals surface area contributed by atoms with Gasteiger partial charge >= 0.3 is 0 Å². The Morgan fingerprint density at radius 2 is 2.00 bits per heavy atom. The van der Waals surface area contributed by atoms with Crippen LogP contribution in [0.4, 0.5) is 11.6 Å². The Balaban J connectivity index is 1.78. The van der Waals surface area contributed by atoms with Crippen LogP contribution in [0.1, 0.15) is 18.5 Å². The standard InChI is InChI=1S/C19H18N6O2/c1-12-16(18(26)21-14-8-4-3-5-9-14)17(25-19(20-12)22-23-24-25)13-7-6-10-15(11-13)27-2/h3-11,17H,1-2H3,(H,21,26)(H,20,22,24)/t17-/m0/s1. The molecule has 0 spiro atoms. The van der Waals surface area contributed by atoms with E-state index in [0.717, 1.165) is 11.3 Å². The number of nitrogens with zero attached hydrogens (tertiary/aromatic N) is 4. The van der Waals surface area contributed by atoms with Crippen molar-refractivity contribution in [2.45, 2.75) is 13.0 Å². The number of fused-ring (bicyclic) bond motifs is 1. The number of rotatable bonds is 4. The third-order valence-electron chi connectivity index (χ3n) is 4.40. The van der Waals surface area contributed by atoms with Crippen LogP contribution in [0.25, 0.3) is 0 Å². The summed E-state index contributed by atoms with van der Waals surface area (Å²) in [7, 11) is 1.61. The van der Waals surface area contributed by atoms with Crippen molar-refractivity contribution in [2.24, 2.45) is 0 Å². The molecule has 1 aliphatic heterocycles. The van der Waals surface area contributed by atoms with E-state index in [-0.39, 0.29) is 5.91 Å². The van der Waals surface area contributed by atoms with Gasteiger partial charge < -0.3 is 15.4 Å². The molecule has 2 heterocycles. The molecule has 2 N–H and O–H groups in total. The fourth-order valence-corrected chi connectivity index (χ4v) is 3.15. The van der Waals surface area contributed by atoms with Gasteiger partial charge in [0, 0.05) is 11.4 Å². The predicted octanol–water partition coefficient (Wildman–Crippen LogP) is 2.61. The molecule has 0 radical (unpaired) electrons. The van der Waals surface area contributed by atoms with E-state index < -0.39 is 6.04 Å². The van der Waals surface area contributed by atoms with Crippen molar-refractivity contribution in [3.8, 4) is 5.75 Å². The average molecular weight is 362 g/mol. The van der Waals surface area contributed by atoms with Gasteiger partial charge in [-0.3, -0.25) is 4.79 Å². The summed E-state index contributed by atoms with van der Waals surface area (Å²) in [4.78, 5) is 13.1. The van der Waals surface area contributed by atoms with Crippen LogP contribution >= 0.6 is 0 Å². The van der Waals surface area contributed by atoms with Gasteiger partial charge in [0.1, 0.15) is 11.8 Å². The number of carbonyl (C=O) groups excluding carboxylic acids is 1. The molecule has 1 atom stereocenters. The number of allylic oxidation sites excluding steroid dienone is 1. The number of hydrogen-bond donors (Lipinski definition) is 2. The van der Waals surface area contributed by atoms with Gasteiger partial charge in [0.25, 0.3) is 5.91 Å². The van der Waals surface area contributed by atoms with Crippen LogP contribution in [-0.4, -0.2) is 33.2 Å². The monoisotopic (exact) mass is 362 g/mol. The van der Waals surface area contributed by atoms with Gasteiger partial charge in [0.15, 0.2) is 0 Å². The highest BCUT2D eigenvalue weighted by Crippen LogP contribution is 2.35. The van der Waals surface area contributed by atoms with Crippen LogP contribution in [0.15, 0.2) is 65.9 Å². The summed E-state index contributed by atoms with van der Waals surface area (Å²) < 4.78 is 6.94. The van der Waals surface area contributed by atoms with Crippen molar-refractivity contribution < 1.29 is 9.53 Å². The molecule has 8 nitrogen and oxygen atoms in total. The lowest BCUT2D eigenvalue weighted by molar-refractivity contribution is -0.113. The van der Waals surface area contributed by atoms with Crippen molar-refractivity contribution in [2.75, 3.05) is 17.7 Å². The second kappa shape index (κ2) is 6.91. The molecule has 0 aliphatic carbocycles. The maximum atomic E-state index is 13.1. The molecular formula is C19H18N6O2. The van der Waals surface area contributed by atoms with Gasteiger partial charge in [-0.25, -0.2) is 0 Å². The van der Waals surface area contributed by atoms with Gasteiger partial charge in [-0.2, -0.15) is 4.68 Å². The van der Waals surface area contributed by atoms with Crippen LogP contribution in [0.3, 0.4) is 0 Å².